The first-order valence-corrected chi connectivity index (χ1v) is 24.6. The molecule has 4 saturated carbocycles. The van der Waals surface area contributed by atoms with Crippen molar-refractivity contribution in [1.82, 2.24) is 15.2 Å². The minimum Gasteiger partial charge on any atom is -0.481 e. The fourth-order valence-electron chi connectivity index (χ4n) is 15.3. The van der Waals surface area contributed by atoms with E-state index in [4.69, 9.17) is 4.74 Å². The Morgan fingerprint density at radius 2 is 1.76 bits per heavy atom. The van der Waals surface area contributed by atoms with Gasteiger partial charge >= 0.3 is 5.97 Å². The van der Waals surface area contributed by atoms with E-state index >= 15 is 0 Å². The molecular weight excluding hydrogens is 757 g/mol. The maximum atomic E-state index is 12.8. The minimum atomic E-state index is -2.88. The van der Waals surface area contributed by atoms with Crippen molar-refractivity contribution in [3.8, 4) is 11.9 Å². The lowest BCUT2D eigenvalue weighted by Crippen LogP contribution is -2.68. The van der Waals surface area contributed by atoms with Crippen LogP contribution in [-0.4, -0.2) is 79.2 Å². The predicted molar refractivity (Wildman–Crippen MR) is 232 cm³/mol. The van der Waals surface area contributed by atoms with Crippen LogP contribution >= 0.6 is 0 Å². The van der Waals surface area contributed by atoms with E-state index in [1.807, 2.05) is 0 Å². The number of hydrogen-bond donors (Lipinski definition) is 2. The highest BCUT2D eigenvalue weighted by atomic mass is 32.2. The third-order valence-electron chi connectivity index (χ3n) is 18.8. The van der Waals surface area contributed by atoms with Crippen LogP contribution < -0.4 is 10.1 Å². The third kappa shape index (κ3) is 6.96. The van der Waals surface area contributed by atoms with E-state index in [0.717, 1.165) is 19.5 Å². The van der Waals surface area contributed by atoms with Crippen LogP contribution in [0.4, 0.5) is 0 Å². The fourth-order valence-corrected chi connectivity index (χ4v) is 16.6. The molecule has 8 rings (SSSR count). The Balaban J connectivity index is 1.00. The summed E-state index contributed by atoms with van der Waals surface area (Å²) in [6.07, 6.45) is 18.9. The lowest BCUT2D eigenvalue weighted by atomic mass is 9.33. The number of rotatable bonds is 10. The zero-order valence-corrected chi connectivity index (χ0v) is 37.6. The molecule has 6 aliphatic carbocycles. The number of hydrogen-bond acceptors (Lipinski definition) is 8. The number of nitrogens with one attached hydrogen (secondary N) is 1. The Bertz CT molecular complexity index is 2060. The number of allylic oxidation sites excluding steroid dienone is 5. The van der Waals surface area contributed by atoms with Crippen LogP contribution in [0.1, 0.15) is 124 Å². The monoisotopic (exact) mass is 827 g/mol. The van der Waals surface area contributed by atoms with Gasteiger partial charge in [-0.15, -0.1) is 0 Å². The van der Waals surface area contributed by atoms with E-state index in [0.29, 0.717) is 67.5 Å². The SMILES string of the molecule is C=C(C)[C@H]1CC[C@@]2(NCCN3CCS(=O)(=O)CC3)CC[C@@]3(C)[C@@H](CCC4[C@]5(C)CC=C(C6=CCC(COc7cc(C#N)ccn7)(C(=O)O)CC6)C(C)(C)C5CC[C@@]43C)[C@H]12. The maximum Gasteiger partial charge on any atom is 0.313 e. The predicted octanol–water partition coefficient (Wildman–Crippen LogP) is 8.78. The number of carboxylic acid groups (broad SMARTS) is 1. The molecule has 0 radical (unpaired) electrons. The van der Waals surface area contributed by atoms with Crippen LogP contribution in [-0.2, 0) is 14.6 Å². The van der Waals surface area contributed by atoms with Crippen LogP contribution in [0.15, 0.2) is 53.8 Å². The zero-order valence-electron chi connectivity index (χ0n) is 36.7. The average molecular weight is 827 g/mol. The van der Waals surface area contributed by atoms with Crippen molar-refractivity contribution in [3.63, 3.8) is 0 Å². The average Bonchev–Trinajstić information content (AvgIpc) is 3.58. The molecule has 2 N–H and O–H groups in total. The summed E-state index contributed by atoms with van der Waals surface area (Å²) in [4.78, 5) is 19.3. The van der Waals surface area contributed by atoms with Gasteiger partial charge in [0, 0.05) is 44.0 Å². The Kier molecular flexibility index (Phi) is 10.9. The smallest absolute Gasteiger partial charge is 0.313 e. The number of aliphatic carboxylic acids is 1. The molecule has 3 unspecified atom stereocenters. The van der Waals surface area contributed by atoms with Crippen LogP contribution in [0.25, 0.3) is 0 Å². The fraction of sp³-hybridized carbons (Fsp3) is 0.735. The van der Waals surface area contributed by atoms with E-state index in [1.165, 1.54) is 74.3 Å². The molecule has 7 aliphatic rings. The summed E-state index contributed by atoms with van der Waals surface area (Å²) in [6.45, 7) is 23.1. The summed E-state index contributed by atoms with van der Waals surface area (Å²) < 4.78 is 30.1. The van der Waals surface area contributed by atoms with E-state index in [1.54, 1.807) is 12.1 Å². The van der Waals surface area contributed by atoms with Gasteiger partial charge in [-0.2, -0.15) is 5.26 Å². The first-order chi connectivity index (χ1) is 27.8. The molecule has 59 heavy (non-hydrogen) atoms. The van der Waals surface area contributed by atoms with Gasteiger partial charge in [-0.05, 0) is 152 Å². The van der Waals surface area contributed by atoms with Crippen LogP contribution in [0, 0.1) is 68.0 Å². The number of pyridine rings is 1. The highest BCUT2D eigenvalue weighted by Crippen LogP contribution is 2.76. The van der Waals surface area contributed by atoms with E-state index in [-0.39, 0.29) is 51.2 Å². The Labute approximate surface area is 354 Å². The molecule has 0 bridgehead atoms. The number of nitriles is 1. The Morgan fingerprint density at radius 3 is 2.44 bits per heavy atom. The van der Waals surface area contributed by atoms with Crippen molar-refractivity contribution in [2.75, 3.05) is 44.3 Å². The number of aromatic nitrogens is 1. The van der Waals surface area contributed by atoms with Crippen molar-refractivity contribution in [2.24, 2.45) is 56.7 Å². The van der Waals surface area contributed by atoms with Crippen molar-refractivity contribution < 1.29 is 23.1 Å². The highest BCUT2D eigenvalue weighted by Gasteiger charge is 2.70. The Hall–Kier alpha value is -3.00. The second-order valence-corrected chi connectivity index (χ2v) is 23.9. The Morgan fingerprint density at radius 1 is 1.00 bits per heavy atom. The summed E-state index contributed by atoms with van der Waals surface area (Å²) in [5, 5.41) is 24.0. The number of carbonyl (C=O) groups is 1. The van der Waals surface area contributed by atoms with Gasteiger partial charge in [0.15, 0.2) is 9.84 Å². The number of nitrogens with zero attached hydrogens (tertiary/aromatic N) is 3. The zero-order chi connectivity index (χ0) is 42.2. The number of fused-ring (bicyclic) bond motifs is 7. The van der Waals surface area contributed by atoms with Gasteiger partial charge < -0.3 is 20.1 Å². The third-order valence-corrected chi connectivity index (χ3v) is 20.4. The summed E-state index contributed by atoms with van der Waals surface area (Å²) >= 11 is 0. The van der Waals surface area contributed by atoms with Crippen LogP contribution in [0.2, 0.25) is 0 Å². The molecular formula is C49H70N4O5S. The molecule has 0 spiro atoms. The lowest BCUT2D eigenvalue weighted by Gasteiger charge is -2.72. The number of sulfone groups is 1. The molecule has 9 nitrogen and oxygen atoms in total. The molecule has 322 valence electrons. The minimum absolute atomic E-state index is 0.0230. The van der Waals surface area contributed by atoms with Crippen LogP contribution in [0.5, 0.6) is 5.88 Å². The number of ether oxygens (including phenoxy) is 1. The molecule has 5 fully saturated rings. The van der Waals surface area contributed by atoms with Gasteiger partial charge in [0.05, 0.1) is 23.1 Å². The summed E-state index contributed by atoms with van der Waals surface area (Å²) in [7, 11) is -2.88. The first kappa shape index (κ1) is 42.7. The molecule has 1 aromatic heterocycles. The molecule has 2 heterocycles. The van der Waals surface area contributed by atoms with Gasteiger partial charge in [0.2, 0.25) is 5.88 Å². The lowest BCUT2D eigenvalue weighted by molar-refractivity contribution is -0.221. The van der Waals surface area contributed by atoms with Gasteiger partial charge in [-0.1, -0.05) is 58.9 Å². The van der Waals surface area contributed by atoms with Gasteiger partial charge in [0.1, 0.15) is 12.0 Å². The van der Waals surface area contributed by atoms with Gasteiger partial charge in [-0.3, -0.25) is 4.79 Å². The maximum absolute atomic E-state index is 12.8. The van der Waals surface area contributed by atoms with Gasteiger partial charge in [0.25, 0.3) is 0 Å². The molecule has 0 aromatic carbocycles. The summed E-state index contributed by atoms with van der Waals surface area (Å²) in [5.41, 5.74) is 4.28. The molecule has 1 aromatic rings. The normalized spacial score (nSPS) is 41.1. The second kappa shape index (κ2) is 15.1. The van der Waals surface area contributed by atoms with E-state index in [9.17, 15) is 23.6 Å². The number of carboxylic acids is 1. The molecule has 10 heteroatoms. The van der Waals surface area contributed by atoms with Crippen LogP contribution in [0.3, 0.4) is 0 Å². The summed E-state index contributed by atoms with van der Waals surface area (Å²) in [5.74, 6) is 2.97. The highest BCUT2D eigenvalue weighted by molar-refractivity contribution is 7.91. The van der Waals surface area contributed by atoms with Gasteiger partial charge in [-0.25, -0.2) is 13.4 Å². The van der Waals surface area contributed by atoms with Crippen molar-refractivity contribution in [1.29, 1.82) is 5.26 Å². The van der Waals surface area contributed by atoms with E-state index in [2.05, 4.69) is 81.5 Å². The molecule has 10 atom stereocenters. The van der Waals surface area contributed by atoms with Crippen molar-refractivity contribution >= 4 is 15.8 Å². The topological polar surface area (TPSA) is 133 Å². The molecule has 0 amide bonds. The molecule has 1 aliphatic heterocycles. The second-order valence-electron chi connectivity index (χ2n) is 21.6. The van der Waals surface area contributed by atoms with E-state index < -0.39 is 21.2 Å². The first-order valence-electron chi connectivity index (χ1n) is 22.8. The quantitative estimate of drug-likeness (QED) is 0.222. The standard InChI is InChI=1S/C49H70N4O5S/c1-33(2)36-12-20-49(52-24-25-53-26-28-59(56,57)29-27-53)22-21-46(6)38(42(36)49)8-9-40-45(5)16-13-37(44(3,4)39(45)14-17-47(40,46)7)35-10-18-48(19-11-35,43(54)55)32-58-41-30-34(31-50)15-23-51-41/h10,13,15,23,30,36,38-40,42,52H,1,8-9,11-12,14,16-22,24-29,32H2,2-7H3,(H,54,55)/t36-,38+,39?,40?,42+,45-,46+,47+,48?,49-/m1/s1. The molecule has 1 saturated heterocycles. The van der Waals surface area contributed by atoms with Crippen molar-refractivity contribution in [3.05, 3.63) is 59.3 Å². The summed E-state index contributed by atoms with van der Waals surface area (Å²) in [6, 6.07) is 5.28. The van der Waals surface area contributed by atoms with Crippen molar-refractivity contribution in [2.45, 2.75) is 124 Å². The largest absolute Gasteiger partial charge is 0.481 e.